The number of benzene rings is 2. The molecule has 9 heteroatoms. The third-order valence-corrected chi connectivity index (χ3v) is 7.19. The van der Waals surface area contributed by atoms with E-state index in [9.17, 15) is 4.79 Å². The van der Waals surface area contributed by atoms with Gasteiger partial charge >= 0.3 is 0 Å². The molecule has 4 heterocycles. The highest BCUT2D eigenvalue weighted by Gasteiger charge is 2.44. The van der Waals surface area contributed by atoms with Gasteiger partial charge in [0.15, 0.2) is 0 Å². The van der Waals surface area contributed by atoms with Crippen molar-refractivity contribution in [3.8, 4) is 16.9 Å². The molecule has 0 N–H and O–H groups in total. The van der Waals surface area contributed by atoms with E-state index in [0.29, 0.717) is 10.0 Å². The van der Waals surface area contributed by atoms with Crippen LogP contribution in [0.2, 0.25) is 10.0 Å². The van der Waals surface area contributed by atoms with E-state index in [2.05, 4.69) is 10.1 Å². The van der Waals surface area contributed by atoms with Crippen LogP contribution in [0.5, 0.6) is 0 Å². The van der Waals surface area contributed by atoms with E-state index < -0.39 is 0 Å². The number of carbonyl (C=O) groups excluding carboxylic acids is 1. The first-order valence-electron chi connectivity index (χ1n) is 11.3. The summed E-state index contributed by atoms with van der Waals surface area (Å²) in [4.78, 5) is 19.9. The van der Waals surface area contributed by atoms with Crippen LogP contribution < -0.4 is 0 Å². The maximum absolute atomic E-state index is 13.6. The summed E-state index contributed by atoms with van der Waals surface area (Å²) in [5.74, 6) is 0.0648. The first-order valence-corrected chi connectivity index (χ1v) is 12.1. The van der Waals surface area contributed by atoms with Crippen molar-refractivity contribution in [1.29, 1.82) is 0 Å². The highest BCUT2D eigenvalue weighted by atomic mass is 35.5. The normalized spacial score (nSPS) is 19.2. The fraction of sp³-hybridized carbons (Fsp3) is 0.280. The summed E-state index contributed by atoms with van der Waals surface area (Å²) in [6.45, 7) is 0. The Morgan fingerprint density at radius 3 is 2.56 bits per heavy atom. The zero-order valence-electron chi connectivity index (χ0n) is 18.5. The predicted octanol–water partition coefficient (Wildman–Crippen LogP) is 5.27. The maximum Gasteiger partial charge on any atom is 0.294 e. The fourth-order valence-corrected chi connectivity index (χ4v) is 5.91. The molecule has 2 aliphatic rings. The van der Waals surface area contributed by atoms with Crippen LogP contribution in [0.4, 0.5) is 0 Å². The van der Waals surface area contributed by atoms with Crippen molar-refractivity contribution in [3.63, 3.8) is 0 Å². The van der Waals surface area contributed by atoms with Gasteiger partial charge in [-0.05, 0) is 56.0 Å². The molecule has 2 unspecified atom stereocenters. The molecule has 6 rings (SSSR count). The molecule has 0 saturated carbocycles. The van der Waals surface area contributed by atoms with Crippen LogP contribution in [0.15, 0.2) is 54.9 Å². The number of hydrogen-bond donors (Lipinski definition) is 0. The lowest BCUT2D eigenvalue weighted by atomic mass is 9.81. The zero-order valence-corrected chi connectivity index (χ0v) is 20.0. The predicted molar refractivity (Wildman–Crippen MR) is 130 cm³/mol. The number of aryl methyl sites for hydroxylation is 1. The van der Waals surface area contributed by atoms with Crippen molar-refractivity contribution in [3.05, 3.63) is 82.0 Å². The highest BCUT2D eigenvalue weighted by molar-refractivity contribution is 6.35. The van der Waals surface area contributed by atoms with Crippen molar-refractivity contribution in [2.75, 3.05) is 0 Å². The summed E-state index contributed by atoms with van der Waals surface area (Å²) in [6, 6.07) is 15.2. The molecule has 4 aromatic rings. The first-order chi connectivity index (χ1) is 16.5. The van der Waals surface area contributed by atoms with Crippen molar-refractivity contribution in [2.24, 2.45) is 7.05 Å². The summed E-state index contributed by atoms with van der Waals surface area (Å²) >= 11 is 12.6. The molecule has 1 amide bonds. The Hall–Kier alpha value is -3.16. The molecule has 2 aromatic carbocycles. The second-order valence-corrected chi connectivity index (χ2v) is 9.73. The number of halogens is 2. The van der Waals surface area contributed by atoms with Crippen molar-refractivity contribution in [1.82, 2.24) is 29.4 Å². The smallest absolute Gasteiger partial charge is 0.294 e. The SMILES string of the molecule is Cn1nc2c(c1-c1cc(Cl)cc(Cl)c1)CC1CCCC2N1C(=O)c1ncn(-c2ccccc2)n1. The number of piperidine rings is 1. The summed E-state index contributed by atoms with van der Waals surface area (Å²) in [5, 5.41) is 10.5. The Labute approximate surface area is 206 Å². The van der Waals surface area contributed by atoms with Crippen LogP contribution in [0.25, 0.3) is 16.9 Å². The molecule has 0 spiro atoms. The molecule has 2 aromatic heterocycles. The van der Waals surface area contributed by atoms with Crippen molar-refractivity contribution >= 4 is 29.1 Å². The van der Waals surface area contributed by atoms with E-state index in [1.54, 1.807) is 17.1 Å². The van der Waals surface area contributed by atoms with E-state index >= 15 is 0 Å². The van der Waals surface area contributed by atoms with Crippen LogP contribution in [0, 0.1) is 0 Å². The largest absolute Gasteiger partial charge is 0.324 e. The van der Waals surface area contributed by atoms with Gasteiger partial charge in [0.2, 0.25) is 5.82 Å². The number of amides is 1. The van der Waals surface area contributed by atoms with Crippen LogP contribution in [-0.2, 0) is 13.5 Å². The molecule has 34 heavy (non-hydrogen) atoms. The van der Waals surface area contributed by atoms with Gasteiger partial charge in [-0.15, -0.1) is 5.10 Å². The van der Waals surface area contributed by atoms with Gasteiger partial charge in [0.1, 0.15) is 6.33 Å². The van der Waals surface area contributed by atoms with Gasteiger partial charge in [0.25, 0.3) is 5.91 Å². The lowest BCUT2D eigenvalue weighted by Gasteiger charge is -2.44. The average Bonchev–Trinajstić information content (AvgIpc) is 3.43. The molecule has 0 radical (unpaired) electrons. The summed E-state index contributed by atoms with van der Waals surface area (Å²) < 4.78 is 3.53. The standard InChI is InChI=1S/C25H22Cl2N6O/c1-31-23(15-10-16(26)12-17(27)11-15)20-13-19-8-5-9-21(22(20)29-31)33(19)25(34)24-28-14-32(30-24)18-6-3-2-4-7-18/h2-4,6-7,10-12,14,19,21H,5,8-9,13H2,1H3. The first kappa shape index (κ1) is 21.4. The summed E-state index contributed by atoms with van der Waals surface area (Å²) in [7, 11) is 1.93. The Kier molecular flexibility index (Phi) is 5.19. The van der Waals surface area contributed by atoms with Gasteiger partial charge in [-0.2, -0.15) is 5.10 Å². The molecule has 1 fully saturated rings. The molecule has 2 atom stereocenters. The molecule has 7 nitrogen and oxygen atoms in total. The molecular weight excluding hydrogens is 471 g/mol. The Morgan fingerprint density at radius 1 is 1.03 bits per heavy atom. The van der Waals surface area contributed by atoms with E-state index in [0.717, 1.165) is 48.3 Å². The van der Waals surface area contributed by atoms with Crippen molar-refractivity contribution in [2.45, 2.75) is 37.8 Å². The molecular formula is C25H22Cl2N6O. The van der Waals surface area contributed by atoms with Crippen LogP contribution in [0.3, 0.4) is 0 Å². The van der Waals surface area contributed by atoms with Gasteiger partial charge in [-0.3, -0.25) is 9.48 Å². The Balaban J connectivity index is 1.37. The zero-order chi connectivity index (χ0) is 23.4. The fourth-order valence-electron chi connectivity index (χ4n) is 5.38. The van der Waals surface area contributed by atoms with Gasteiger partial charge in [-0.25, -0.2) is 9.67 Å². The van der Waals surface area contributed by atoms with Gasteiger partial charge in [0, 0.05) is 34.3 Å². The molecule has 1 saturated heterocycles. The number of hydrogen-bond acceptors (Lipinski definition) is 4. The Morgan fingerprint density at radius 2 is 1.79 bits per heavy atom. The number of para-hydroxylation sites is 1. The van der Waals surface area contributed by atoms with Crippen LogP contribution in [-0.4, -0.2) is 41.4 Å². The van der Waals surface area contributed by atoms with E-state index in [1.807, 2.05) is 59.1 Å². The lowest BCUT2D eigenvalue weighted by Crippen LogP contribution is -2.50. The molecule has 2 aliphatic heterocycles. The molecule has 2 bridgehead atoms. The summed E-state index contributed by atoms with van der Waals surface area (Å²) in [6.07, 6.45) is 5.17. The third-order valence-electron chi connectivity index (χ3n) is 6.75. The quantitative estimate of drug-likeness (QED) is 0.390. The average molecular weight is 493 g/mol. The number of aromatic nitrogens is 5. The van der Waals surface area contributed by atoms with E-state index in [1.165, 1.54) is 5.56 Å². The second kappa shape index (κ2) is 8.25. The minimum absolute atomic E-state index is 0.0695. The van der Waals surface area contributed by atoms with Crippen molar-refractivity contribution < 1.29 is 4.79 Å². The van der Waals surface area contributed by atoms with Crippen LogP contribution >= 0.6 is 23.2 Å². The monoisotopic (exact) mass is 492 g/mol. The van der Waals surface area contributed by atoms with E-state index in [-0.39, 0.29) is 23.8 Å². The Bertz CT molecular complexity index is 1380. The maximum atomic E-state index is 13.6. The van der Waals surface area contributed by atoms with Gasteiger partial charge < -0.3 is 4.90 Å². The van der Waals surface area contributed by atoms with Gasteiger partial charge in [-0.1, -0.05) is 41.4 Å². The van der Waals surface area contributed by atoms with Crippen LogP contribution in [0.1, 0.15) is 47.2 Å². The number of nitrogens with zero attached hydrogens (tertiary/aromatic N) is 6. The molecule has 0 aliphatic carbocycles. The summed E-state index contributed by atoms with van der Waals surface area (Å²) in [5.41, 5.74) is 4.93. The third kappa shape index (κ3) is 3.51. The lowest BCUT2D eigenvalue weighted by molar-refractivity contribution is 0.0379. The highest BCUT2D eigenvalue weighted by Crippen LogP contribution is 2.45. The number of carbonyl (C=O) groups is 1. The number of rotatable bonds is 3. The minimum atomic E-state index is -0.145. The second-order valence-electron chi connectivity index (χ2n) is 8.86. The van der Waals surface area contributed by atoms with Gasteiger partial charge in [0.05, 0.1) is 23.1 Å². The molecule has 172 valence electrons. The van der Waals surface area contributed by atoms with E-state index in [4.69, 9.17) is 28.3 Å². The number of fused-ring (bicyclic) bond motifs is 4. The topological polar surface area (TPSA) is 68.8 Å². The minimum Gasteiger partial charge on any atom is -0.324 e.